The van der Waals surface area contributed by atoms with Crippen molar-refractivity contribution in [1.29, 1.82) is 0 Å². The second-order valence-electron chi connectivity index (χ2n) is 5.93. The van der Waals surface area contributed by atoms with Crippen LogP contribution in [0.5, 0.6) is 0 Å². The summed E-state index contributed by atoms with van der Waals surface area (Å²) in [5.41, 5.74) is 1.66. The molecule has 0 bridgehead atoms. The van der Waals surface area contributed by atoms with E-state index in [0.29, 0.717) is 11.7 Å². The number of aromatic amines is 1. The summed E-state index contributed by atoms with van der Waals surface area (Å²) in [7, 11) is 0. The first kappa shape index (κ1) is 14.6. The van der Waals surface area contributed by atoms with E-state index < -0.39 is 0 Å². The Hall–Kier alpha value is -1.29. The van der Waals surface area contributed by atoms with Crippen molar-refractivity contribution < 1.29 is 4.79 Å². The molecular weight excluding hydrogens is 328 g/mol. The number of benzene rings is 1. The molecule has 4 heteroatoms. The molecule has 0 atom stereocenters. The molecule has 1 fully saturated rings. The first-order chi connectivity index (χ1) is 10.2. The van der Waals surface area contributed by atoms with E-state index in [9.17, 15) is 4.79 Å². The fourth-order valence-electron chi connectivity index (χ4n) is 3.09. The van der Waals surface area contributed by atoms with Crippen LogP contribution >= 0.6 is 15.9 Å². The van der Waals surface area contributed by atoms with Crippen LogP contribution in [0.3, 0.4) is 0 Å². The smallest absolute Gasteiger partial charge is 0.267 e. The summed E-state index contributed by atoms with van der Waals surface area (Å²) in [6.07, 6.45) is 8.61. The van der Waals surface area contributed by atoms with Crippen molar-refractivity contribution in [2.24, 2.45) is 0 Å². The highest BCUT2D eigenvalue weighted by Crippen LogP contribution is 2.21. The number of hydrogen-bond acceptors (Lipinski definition) is 1. The minimum atomic E-state index is 0.0212. The van der Waals surface area contributed by atoms with Crippen LogP contribution in [-0.4, -0.2) is 16.9 Å². The van der Waals surface area contributed by atoms with Gasteiger partial charge in [-0.05, 0) is 37.1 Å². The zero-order valence-corrected chi connectivity index (χ0v) is 13.7. The van der Waals surface area contributed by atoms with E-state index in [-0.39, 0.29) is 5.91 Å². The summed E-state index contributed by atoms with van der Waals surface area (Å²) in [6.45, 7) is 0. The van der Waals surface area contributed by atoms with Gasteiger partial charge in [0, 0.05) is 21.4 Å². The minimum absolute atomic E-state index is 0.0212. The average molecular weight is 349 g/mol. The van der Waals surface area contributed by atoms with Gasteiger partial charge in [-0.2, -0.15) is 0 Å². The highest BCUT2D eigenvalue weighted by Gasteiger charge is 2.16. The van der Waals surface area contributed by atoms with E-state index in [1.165, 1.54) is 32.1 Å². The number of hydrogen-bond donors (Lipinski definition) is 2. The van der Waals surface area contributed by atoms with E-state index in [0.717, 1.165) is 28.2 Å². The monoisotopic (exact) mass is 348 g/mol. The number of carbonyl (C=O) groups excluding carboxylic acids is 1. The van der Waals surface area contributed by atoms with Gasteiger partial charge in [-0.3, -0.25) is 4.79 Å². The van der Waals surface area contributed by atoms with Gasteiger partial charge >= 0.3 is 0 Å². The summed E-state index contributed by atoms with van der Waals surface area (Å²) in [6, 6.07) is 8.26. The van der Waals surface area contributed by atoms with E-state index in [2.05, 4.69) is 26.2 Å². The molecular formula is C17H21BrN2O. The second-order valence-corrected chi connectivity index (χ2v) is 6.85. The van der Waals surface area contributed by atoms with E-state index >= 15 is 0 Å². The Morgan fingerprint density at radius 3 is 2.57 bits per heavy atom. The molecule has 112 valence electrons. The molecule has 21 heavy (non-hydrogen) atoms. The van der Waals surface area contributed by atoms with Crippen molar-refractivity contribution in [2.45, 2.75) is 51.0 Å². The van der Waals surface area contributed by atoms with Crippen LogP contribution in [-0.2, 0) is 0 Å². The molecule has 0 unspecified atom stereocenters. The largest absolute Gasteiger partial charge is 0.351 e. The standard InChI is InChI=1S/C17H21BrN2O/c18-13-8-9-15-12(10-13)11-16(20-15)17(21)19-14-6-4-2-1-3-5-7-14/h8-11,14,20H,1-7H2,(H,19,21). The predicted molar refractivity (Wildman–Crippen MR) is 89.6 cm³/mol. The molecule has 2 aromatic rings. The Morgan fingerprint density at radius 1 is 1.10 bits per heavy atom. The summed E-state index contributed by atoms with van der Waals surface area (Å²) < 4.78 is 1.03. The Morgan fingerprint density at radius 2 is 1.81 bits per heavy atom. The average Bonchev–Trinajstić information content (AvgIpc) is 2.84. The normalized spacial score (nSPS) is 17.4. The van der Waals surface area contributed by atoms with Gasteiger partial charge in [0.1, 0.15) is 5.69 Å². The quantitative estimate of drug-likeness (QED) is 0.806. The minimum Gasteiger partial charge on any atom is -0.351 e. The van der Waals surface area contributed by atoms with Crippen LogP contribution in [0.15, 0.2) is 28.7 Å². The number of rotatable bonds is 2. The third-order valence-corrected chi connectivity index (χ3v) is 4.76. The molecule has 0 spiro atoms. The number of fused-ring (bicyclic) bond motifs is 1. The molecule has 1 amide bonds. The van der Waals surface area contributed by atoms with Gasteiger partial charge in [0.15, 0.2) is 0 Å². The number of amides is 1. The number of carbonyl (C=O) groups is 1. The van der Waals surface area contributed by atoms with Gasteiger partial charge in [0.05, 0.1) is 0 Å². The molecule has 1 aromatic carbocycles. The third kappa shape index (κ3) is 3.67. The lowest BCUT2D eigenvalue weighted by molar-refractivity contribution is 0.0926. The van der Waals surface area contributed by atoms with Crippen molar-refractivity contribution in [1.82, 2.24) is 10.3 Å². The summed E-state index contributed by atoms with van der Waals surface area (Å²) in [5.74, 6) is 0.0212. The summed E-state index contributed by atoms with van der Waals surface area (Å²) in [5, 5.41) is 4.26. The van der Waals surface area contributed by atoms with Gasteiger partial charge in [-0.25, -0.2) is 0 Å². The molecule has 0 aliphatic heterocycles. The number of aromatic nitrogens is 1. The maximum Gasteiger partial charge on any atom is 0.267 e. The molecule has 1 aliphatic carbocycles. The van der Waals surface area contributed by atoms with Crippen LogP contribution in [0, 0.1) is 0 Å². The molecule has 0 saturated heterocycles. The highest BCUT2D eigenvalue weighted by atomic mass is 79.9. The fraction of sp³-hybridized carbons (Fsp3) is 0.471. The van der Waals surface area contributed by atoms with Gasteiger partial charge in [-0.15, -0.1) is 0 Å². The van der Waals surface area contributed by atoms with Gasteiger partial charge in [0.25, 0.3) is 5.91 Å². The molecule has 2 N–H and O–H groups in total. The lowest BCUT2D eigenvalue weighted by atomic mass is 9.96. The Bertz CT molecular complexity index is 627. The maximum absolute atomic E-state index is 12.4. The molecule has 1 aromatic heterocycles. The second kappa shape index (κ2) is 6.65. The van der Waals surface area contributed by atoms with Crippen molar-refractivity contribution in [2.75, 3.05) is 0 Å². The van der Waals surface area contributed by atoms with Crippen LogP contribution in [0.4, 0.5) is 0 Å². The number of H-pyrrole nitrogens is 1. The molecule has 1 aliphatic rings. The third-order valence-electron chi connectivity index (χ3n) is 4.27. The van der Waals surface area contributed by atoms with Crippen LogP contribution in [0.2, 0.25) is 0 Å². The van der Waals surface area contributed by atoms with Gasteiger partial charge < -0.3 is 10.3 Å². The SMILES string of the molecule is O=C(NC1CCCCCCC1)c1cc2cc(Br)ccc2[nH]1. The topological polar surface area (TPSA) is 44.9 Å². The first-order valence-electron chi connectivity index (χ1n) is 7.81. The fourth-order valence-corrected chi connectivity index (χ4v) is 3.47. The van der Waals surface area contributed by atoms with Crippen molar-refractivity contribution in [3.8, 4) is 0 Å². The lowest BCUT2D eigenvalue weighted by Gasteiger charge is -2.20. The van der Waals surface area contributed by atoms with Crippen LogP contribution < -0.4 is 5.32 Å². The van der Waals surface area contributed by atoms with Crippen LogP contribution in [0.25, 0.3) is 10.9 Å². The molecule has 0 radical (unpaired) electrons. The molecule has 3 nitrogen and oxygen atoms in total. The summed E-state index contributed by atoms with van der Waals surface area (Å²) >= 11 is 3.46. The van der Waals surface area contributed by atoms with Gasteiger partial charge in [-0.1, -0.05) is 48.0 Å². The Labute approximate surface area is 133 Å². The lowest BCUT2D eigenvalue weighted by Crippen LogP contribution is -2.35. The Balaban J connectivity index is 1.70. The highest BCUT2D eigenvalue weighted by molar-refractivity contribution is 9.10. The van der Waals surface area contributed by atoms with Crippen molar-refractivity contribution >= 4 is 32.7 Å². The zero-order valence-electron chi connectivity index (χ0n) is 12.1. The molecule has 3 rings (SSSR count). The molecule has 1 saturated carbocycles. The summed E-state index contributed by atoms with van der Waals surface area (Å²) in [4.78, 5) is 15.6. The Kier molecular flexibility index (Phi) is 4.63. The number of halogens is 1. The van der Waals surface area contributed by atoms with E-state index in [4.69, 9.17) is 0 Å². The predicted octanol–water partition coefficient (Wildman–Crippen LogP) is 4.77. The maximum atomic E-state index is 12.4. The van der Waals surface area contributed by atoms with Crippen LogP contribution in [0.1, 0.15) is 55.4 Å². The van der Waals surface area contributed by atoms with E-state index in [1.807, 2.05) is 24.3 Å². The zero-order chi connectivity index (χ0) is 14.7. The van der Waals surface area contributed by atoms with Crippen molar-refractivity contribution in [3.63, 3.8) is 0 Å². The van der Waals surface area contributed by atoms with E-state index in [1.54, 1.807) is 0 Å². The molecule has 1 heterocycles. The number of nitrogens with one attached hydrogen (secondary N) is 2. The van der Waals surface area contributed by atoms with Gasteiger partial charge in [0.2, 0.25) is 0 Å². The van der Waals surface area contributed by atoms with Crippen molar-refractivity contribution in [3.05, 3.63) is 34.4 Å². The first-order valence-corrected chi connectivity index (χ1v) is 8.61.